The Hall–Kier alpha value is -3.30. The van der Waals surface area contributed by atoms with Gasteiger partial charge in [-0.3, -0.25) is 4.79 Å². The van der Waals surface area contributed by atoms with E-state index < -0.39 is 38.5 Å². The van der Waals surface area contributed by atoms with Crippen LogP contribution in [0.2, 0.25) is 0 Å². The first-order valence-corrected chi connectivity index (χ1v) is 11.8. The molecule has 33 heavy (non-hydrogen) atoms. The van der Waals surface area contributed by atoms with Gasteiger partial charge in [0.15, 0.2) is 11.6 Å². The van der Waals surface area contributed by atoms with Gasteiger partial charge in [-0.1, -0.05) is 54.6 Å². The molecule has 0 fully saturated rings. The van der Waals surface area contributed by atoms with Crippen molar-refractivity contribution in [3.63, 3.8) is 0 Å². The highest BCUT2D eigenvalue weighted by molar-refractivity contribution is 7.89. The van der Waals surface area contributed by atoms with Gasteiger partial charge in [0.05, 0.1) is 6.61 Å². The van der Waals surface area contributed by atoms with E-state index in [2.05, 4.69) is 10.0 Å². The Morgan fingerprint density at radius 1 is 0.879 bits per heavy atom. The summed E-state index contributed by atoms with van der Waals surface area (Å²) < 4.78 is 60.8. The molecule has 3 aromatic carbocycles. The van der Waals surface area contributed by atoms with Gasteiger partial charge in [0.2, 0.25) is 15.9 Å². The lowest BCUT2D eigenvalue weighted by Crippen LogP contribution is -2.48. The van der Waals surface area contributed by atoms with Crippen LogP contribution in [-0.2, 0) is 21.2 Å². The molecule has 0 saturated carbocycles. The number of hydrogen-bond donors (Lipinski definition) is 2. The van der Waals surface area contributed by atoms with Crippen molar-refractivity contribution in [2.24, 2.45) is 0 Å². The van der Waals surface area contributed by atoms with Crippen LogP contribution in [0.4, 0.5) is 8.78 Å². The fraction of sp³-hybridized carbons (Fsp3) is 0.208. The molecule has 174 valence electrons. The van der Waals surface area contributed by atoms with Crippen LogP contribution in [-0.4, -0.2) is 33.5 Å². The van der Waals surface area contributed by atoms with Crippen LogP contribution < -0.4 is 14.8 Å². The van der Waals surface area contributed by atoms with Gasteiger partial charge in [-0.05, 0) is 42.7 Å². The third-order valence-corrected chi connectivity index (χ3v) is 6.24. The Bertz CT molecular complexity index is 1170. The Morgan fingerprint density at radius 3 is 2.21 bits per heavy atom. The van der Waals surface area contributed by atoms with E-state index in [1.165, 1.54) is 24.3 Å². The molecule has 0 bridgehead atoms. The summed E-state index contributed by atoms with van der Waals surface area (Å²) >= 11 is 0. The second kappa shape index (κ2) is 11.5. The molecule has 1 unspecified atom stereocenters. The highest BCUT2D eigenvalue weighted by Gasteiger charge is 2.27. The lowest BCUT2D eigenvalue weighted by atomic mass is 10.1. The standard InChI is InChI=1S/C24H24F2N2O4S/c25-19-11-4-6-13-22(19)32-16-8-15-27-24(29)21(17-18-9-2-1-3-10-18)28-33(30,31)23-14-7-5-12-20(23)26/h1-7,9-14,21,28H,8,15-17H2,(H,27,29). The third kappa shape index (κ3) is 7.10. The molecule has 0 aliphatic heterocycles. The van der Waals surface area contributed by atoms with Gasteiger partial charge >= 0.3 is 0 Å². The Morgan fingerprint density at radius 2 is 1.52 bits per heavy atom. The number of sulfonamides is 1. The second-order valence-electron chi connectivity index (χ2n) is 7.22. The van der Waals surface area contributed by atoms with Crippen LogP contribution in [0.25, 0.3) is 0 Å². The smallest absolute Gasteiger partial charge is 0.244 e. The van der Waals surface area contributed by atoms with Gasteiger partial charge in [-0.25, -0.2) is 17.2 Å². The molecule has 1 amide bonds. The number of nitrogens with one attached hydrogen (secondary N) is 2. The maximum absolute atomic E-state index is 14.1. The van der Waals surface area contributed by atoms with Gasteiger partial charge in [0.25, 0.3) is 0 Å². The van der Waals surface area contributed by atoms with Gasteiger partial charge in [-0.2, -0.15) is 4.72 Å². The largest absolute Gasteiger partial charge is 0.490 e. The fourth-order valence-electron chi connectivity index (χ4n) is 3.10. The number of carbonyl (C=O) groups excluding carboxylic acids is 1. The zero-order chi connectivity index (χ0) is 23.7. The maximum Gasteiger partial charge on any atom is 0.244 e. The third-order valence-electron chi connectivity index (χ3n) is 4.74. The average Bonchev–Trinajstić information content (AvgIpc) is 2.80. The predicted octanol–water partition coefficient (Wildman–Crippen LogP) is 3.44. The first-order valence-electron chi connectivity index (χ1n) is 10.3. The molecular formula is C24H24F2N2O4S. The van der Waals surface area contributed by atoms with E-state index in [-0.39, 0.29) is 25.3 Å². The maximum atomic E-state index is 14.1. The lowest BCUT2D eigenvalue weighted by molar-refractivity contribution is -0.122. The monoisotopic (exact) mass is 474 g/mol. The second-order valence-corrected chi connectivity index (χ2v) is 8.90. The van der Waals surface area contributed by atoms with E-state index >= 15 is 0 Å². The molecule has 0 aromatic heterocycles. The zero-order valence-electron chi connectivity index (χ0n) is 17.7. The normalized spacial score (nSPS) is 12.2. The molecule has 1 atom stereocenters. The number of carbonyl (C=O) groups is 1. The highest BCUT2D eigenvalue weighted by Crippen LogP contribution is 2.16. The number of ether oxygens (including phenoxy) is 1. The van der Waals surface area contributed by atoms with Gasteiger partial charge in [0, 0.05) is 6.54 Å². The number of para-hydroxylation sites is 1. The van der Waals surface area contributed by atoms with Crippen molar-refractivity contribution in [2.75, 3.05) is 13.2 Å². The van der Waals surface area contributed by atoms with Crippen LogP contribution in [0.3, 0.4) is 0 Å². The highest BCUT2D eigenvalue weighted by atomic mass is 32.2. The topological polar surface area (TPSA) is 84.5 Å². The Kier molecular flexibility index (Phi) is 8.51. The molecule has 3 rings (SSSR count). The van der Waals surface area contributed by atoms with Crippen LogP contribution in [0.15, 0.2) is 83.8 Å². The number of rotatable bonds is 11. The fourth-order valence-corrected chi connectivity index (χ4v) is 4.38. The summed E-state index contributed by atoms with van der Waals surface area (Å²) in [5.41, 5.74) is 0.733. The molecule has 6 nitrogen and oxygen atoms in total. The number of benzene rings is 3. The molecule has 2 N–H and O–H groups in total. The Labute approximate surface area is 191 Å². The quantitative estimate of drug-likeness (QED) is 0.417. The molecule has 0 spiro atoms. The molecule has 0 aliphatic rings. The summed E-state index contributed by atoms with van der Waals surface area (Å²) in [5.74, 6) is -1.84. The summed E-state index contributed by atoms with van der Waals surface area (Å²) in [6.07, 6.45) is 0.449. The van der Waals surface area contributed by atoms with Crippen LogP contribution >= 0.6 is 0 Å². The van der Waals surface area contributed by atoms with Gasteiger partial charge < -0.3 is 10.1 Å². The zero-order valence-corrected chi connectivity index (χ0v) is 18.5. The summed E-state index contributed by atoms with van der Waals surface area (Å²) in [7, 11) is -4.28. The first-order chi connectivity index (χ1) is 15.9. The van der Waals surface area contributed by atoms with Gasteiger partial charge in [-0.15, -0.1) is 0 Å². The minimum absolute atomic E-state index is 0.0755. The van der Waals surface area contributed by atoms with E-state index in [0.29, 0.717) is 6.42 Å². The van der Waals surface area contributed by atoms with E-state index in [0.717, 1.165) is 17.7 Å². The van der Waals surface area contributed by atoms with Gasteiger partial charge in [0.1, 0.15) is 16.8 Å². The van der Waals surface area contributed by atoms with Crippen molar-refractivity contribution >= 4 is 15.9 Å². The molecule has 9 heteroatoms. The minimum atomic E-state index is -4.28. The summed E-state index contributed by atoms with van der Waals surface area (Å²) in [6.45, 7) is 0.339. The molecule has 0 aliphatic carbocycles. The van der Waals surface area contributed by atoms with Crippen molar-refractivity contribution in [1.82, 2.24) is 10.0 Å². The van der Waals surface area contributed by atoms with Crippen molar-refractivity contribution in [3.8, 4) is 5.75 Å². The van der Waals surface area contributed by atoms with Crippen molar-refractivity contribution in [2.45, 2.75) is 23.8 Å². The van der Waals surface area contributed by atoms with E-state index in [1.54, 1.807) is 42.5 Å². The van der Waals surface area contributed by atoms with E-state index in [1.807, 2.05) is 0 Å². The predicted molar refractivity (Wildman–Crippen MR) is 120 cm³/mol. The van der Waals surface area contributed by atoms with Crippen molar-refractivity contribution in [1.29, 1.82) is 0 Å². The van der Waals surface area contributed by atoms with Crippen molar-refractivity contribution < 1.29 is 26.7 Å². The number of amides is 1. The molecule has 3 aromatic rings. The molecule has 0 saturated heterocycles. The lowest BCUT2D eigenvalue weighted by Gasteiger charge is -2.19. The van der Waals surface area contributed by atoms with Crippen LogP contribution in [0, 0.1) is 11.6 Å². The summed E-state index contributed by atoms with van der Waals surface area (Å²) in [6, 6.07) is 18.7. The number of hydrogen-bond acceptors (Lipinski definition) is 4. The molecule has 0 radical (unpaired) electrons. The summed E-state index contributed by atoms with van der Waals surface area (Å²) in [4.78, 5) is 12.3. The Balaban J connectivity index is 1.63. The average molecular weight is 475 g/mol. The van der Waals surface area contributed by atoms with E-state index in [4.69, 9.17) is 4.74 Å². The van der Waals surface area contributed by atoms with E-state index in [9.17, 15) is 22.0 Å². The number of halogens is 2. The van der Waals surface area contributed by atoms with Crippen LogP contribution in [0.1, 0.15) is 12.0 Å². The molecule has 0 heterocycles. The van der Waals surface area contributed by atoms with Crippen LogP contribution in [0.5, 0.6) is 5.75 Å². The summed E-state index contributed by atoms with van der Waals surface area (Å²) in [5, 5.41) is 2.66. The molecular weight excluding hydrogens is 450 g/mol. The van der Waals surface area contributed by atoms with Crippen molar-refractivity contribution in [3.05, 3.63) is 96.1 Å². The first kappa shape index (κ1) is 24.3. The SMILES string of the molecule is O=C(NCCCOc1ccccc1F)C(Cc1ccccc1)NS(=O)(=O)c1ccccc1F. The minimum Gasteiger partial charge on any atom is -0.490 e.